The fourth-order valence-corrected chi connectivity index (χ4v) is 6.63. The number of aliphatic hydroxyl groups excluding tert-OH is 1. The molecule has 0 fully saturated rings. The summed E-state index contributed by atoms with van der Waals surface area (Å²) in [5.41, 5.74) is 1.19. The van der Waals surface area contributed by atoms with E-state index in [1.54, 1.807) is 65.7 Å². The van der Waals surface area contributed by atoms with E-state index in [-0.39, 0.29) is 47.0 Å². The van der Waals surface area contributed by atoms with E-state index in [2.05, 4.69) is 10.6 Å². The monoisotopic (exact) mass is 572 g/mol. The van der Waals surface area contributed by atoms with Crippen molar-refractivity contribution in [1.82, 2.24) is 9.21 Å². The van der Waals surface area contributed by atoms with E-state index in [1.807, 2.05) is 13.0 Å². The standard InChI is InChI=1S/C27H32N4O6S2/c1-18-15-31(19(2)17-32)26(33)22-14-21(29-27(34)28-20-8-5-4-6-9-20)11-12-23(22)37-24(18)16-30(3)39(35,36)25-10-7-13-38-25/h4-14,18-19,24,32H,15-17H2,1-3H3,(H2,28,29,34)/t18-,19-,24+/m0/s1. The van der Waals surface area contributed by atoms with Gasteiger partial charge in [0.15, 0.2) is 0 Å². The van der Waals surface area contributed by atoms with Crippen molar-refractivity contribution in [1.29, 1.82) is 0 Å². The van der Waals surface area contributed by atoms with Crippen molar-refractivity contribution in [3.8, 4) is 5.75 Å². The van der Waals surface area contributed by atoms with Gasteiger partial charge in [-0.3, -0.25) is 4.79 Å². The molecule has 3 amide bonds. The van der Waals surface area contributed by atoms with Crippen molar-refractivity contribution in [2.24, 2.45) is 5.92 Å². The highest BCUT2D eigenvalue weighted by atomic mass is 32.2. The summed E-state index contributed by atoms with van der Waals surface area (Å²) in [6.07, 6.45) is -0.592. The Labute approximate surface area is 232 Å². The highest BCUT2D eigenvalue weighted by Crippen LogP contribution is 2.31. The predicted octanol–water partition coefficient (Wildman–Crippen LogP) is 3.93. The summed E-state index contributed by atoms with van der Waals surface area (Å²) < 4.78 is 33.9. The van der Waals surface area contributed by atoms with E-state index in [9.17, 15) is 23.1 Å². The zero-order chi connectivity index (χ0) is 28.2. The van der Waals surface area contributed by atoms with Crippen molar-refractivity contribution in [3.05, 3.63) is 71.6 Å². The number of hydrogen-bond acceptors (Lipinski definition) is 7. The van der Waals surface area contributed by atoms with Crippen molar-refractivity contribution in [2.75, 3.05) is 37.4 Å². The van der Waals surface area contributed by atoms with Gasteiger partial charge < -0.3 is 25.4 Å². The molecule has 0 bridgehead atoms. The molecule has 3 atom stereocenters. The van der Waals surface area contributed by atoms with E-state index < -0.39 is 28.2 Å². The molecular formula is C27H32N4O6S2. The van der Waals surface area contributed by atoms with Crippen LogP contribution in [-0.2, 0) is 10.0 Å². The van der Waals surface area contributed by atoms with Crippen LogP contribution in [-0.4, -0.2) is 73.6 Å². The minimum atomic E-state index is -3.71. The Morgan fingerprint density at radius 3 is 2.54 bits per heavy atom. The fourth-order valence-electron chi connectivity index (χ4n) is 4.25. The number of likely N-dealkylation sites (N-methyl/N-ethyl adjacent to an activating group) is 1. The molecule has 0 saturated heterocycles. The van der Waals surface area contributed by atoms with E-state index >= 15 is 0 Å². The average molecular weight is 573 g/mol. The van der Waals surface area contributed by atoms with E-state index in [4.69, 9.17) is 4.74 Å². The van der Waals surface area contributed by atoms with Crippen LogP contribution >= 0.6 is 11.3 Å². The molecule has 1 aliphatic rings. The number of carbonyl (C=O) groups excluding carboxylic acids is 2. The molecule has 1 aliphatic heterocycles. The van der Waals surface area contributed by atoms with Crippen LogP contribution in [0.4, 0.5) is 16.2 Å². The Hall–Kier alpha value is -3.45. The van der Waals surface area contributed by atoms with Crippen LogP contribution in [0.3, 0.4) is 0 Å². The second-order valence-corrected chi connectivity index (χ2v) is 12.7. The topological polar surface area (TPSA) is 128 Å². The smallest absolute Gasteiger partial charge is 0.323 e. The highest BCUT2D eigenvalue weighted by molar-refractivity contribution is 7.91. The van der Waals surface area contributed by atoms with Gasteiger partial charge >= 0.3 is 6.03 Å². The fraction of sp³-hybridized carbons (Fsp3) is 0.333. The number of nitrogens with one attached hydrogen (secondary N) is 2. The largest absolute Gasteiger partial charge is 0.488 e. The molecule has 3 N–H and O–H groups in total. The van der Waals surface area contributed by atoms with Gasteiger partial charge in [0.1, 0.15) is 16.1 Å². The molecule has 4 rings (SSSR count). The highest BCUT2D eigenvalue weighted by Gasteiger charge is 2.35. The number of fused-ring (bicyclic) bond motifs is 1. The lowest BCUT2D eigenvalue weighted by molar-refractivity contribution is 0.0387. The molecule has 0 saturated carbocycles. The van der Waals surface area contributed by atoms with Gasteiger partial charge in [-0.05, 0) is 48.7 Å². The molecule has 10 nitrogen and oxygen atoms in total. The van der Waals surface area contributed by atoms with Gasteiger partial charge in [0.05, 0.1) is 24.8 Å². The Kier molecular flexibility index (Phi) is 8.90. The molecule has 3 aromatic rings. The van der Waals surface area contributed by atoms with E-state index in [0.717, 1.165) is 11.3 Å². The second kappa shape index (κ2) is 12.2. The molecule has 0 spiro atoms. The number of anilines is 2. The summed E-state index contributed by atoms with van der Waals surface area (Å²) in [7, 11) is -2.21. The number of para-hydroxylation sites is 1. The van der Waals surface area contributed by atoms with Crippen LogP contribution in [0.25, 0.3) is 0 Å². The first-order chi connectivity index (χ1) is 18.6. The van der Waals surface area contributed by atoms with Crippen molar-refractivity contribution in [2.45, 2.75) is 30.2 Å². The van der Waals surface area contributed by atoms with Crippen molar-refractivity contribution in [3.63, 3.8) is 0 Å². The maximum atomic E-state index is 13.6. The normalized spacial score (nSPS) is 18.5. The minimum Gasteiger partial charge on any atom is -0.488 e. The SMILES string of the molecule is C[C@H]1CN([C@@H](C)CO)C(=O)c2cc(NC(=O)Nc3ccccc3)ccc2O[C@@H]1CN(C)S(=O)(=O)c1cccs1. The molecule has 208 valence electrons. The van der Waals surface area contributed by atoms with E-state index in [0.29, 0.717) is 11.4 Å². The Morgan fingerprint density at radius 2 is 1.87 bits per heavy atom. The number of carbonyl (C=O) groups is 2. The van der Waals surface area contributed by atoms with Gasteiger partial charge in [-0.25, -0.2) is 13.2 Å². The maximum absolute atomic E-state index is 13.6. The van der Waals surface area contributed by atoms with Gasteiger partial charge in [-0.2, -0.15) is 4.31 Å². The number of thiophene rings is 1. The number of hydrogen-bond donors (Lipinski definition) is 3. The number of rotatable bonds is 8. The molecular weight excluding hydrogens is 540 g/mol. The number of nitrogens with zero attached hydrogens (tertiary/aromatic N) is 2. The lowest BCUT2D eigenvalue weighted by Crippen LogP contribution is -2.50. The zero-order valence-corrected chi connectivity index (χ0v) is 23.5. The minimum absolute atomic E-state index is 0.0514. The lowest BCUT2D eigenvalue weighted by atomic mass is 9.99. The Bertz CT molecular complexity index is 1400. The van der Waals surface area contributed by atoms with Crippen LogP contribution in [0.2, 0.25) is 0 Å². The first-order valence-corrected chi connectivity index (χ1v) is 14.8. The summed E-state index contributed by atoms with van der Waals surface area (Å²) in [6.45, 7) is 3.67. The van der Waals surface area contributed by atoms with Crippen LogP contribution in [0.1, 0.15) is 24.2 Å². The molecule has 0 radical (unpaired) electrons. The quantitative estimate of drug-likeness (QED) is 0.375. The zero-order valence-electron chi connectivity index (χ0n) is 21.9. The van der Waals surface area contributed by atoms with E-state index in [1.165, 1.54) is 17.4 Å². The van der Waals surface area contributed by atoms with Gasteiger partial charge in [0, 0.05) is 30.9 Å². The van der Waals surface area contributed by atoms with Crippen LogP contribution in [0.5, 0.6) is 5.75 Å². The predicted molar refractivity (Wildman–Crippen MR) is 151 cm³/mol. The first kappa shape index (κ1) is 28.6. The maximum Gasteiger partial charge on any atom is 0.323 e. The lowest BCUT2D eigenvalue weighted by Gasteiger charge is -2.38. The summed E-state index contributed by atoms with van der Waals surface area (Å²) >= 11 is 1.14. The number of aliphatic hydroxyl groups is 1. The third kappa shape index (κ3) is 6.59. The number of benzene rings is 2. The van der Waals surface area contributed by atoms with Gasteiger partial charge in [0.2, 0.25) is 0 Å². The molecule has 12 heteroatoms. The Morgan fingerprint density at radius 1 is 1.15 bits per heavy atom. The number of sulfonamides is 1. The number of ether oxygens (including phenoxy) is 1. The first-order valence-electron chi connectivity index (χ1n) is 12.5. The van der Waals surface area contributed by atoms with Crippen LogP contribution in [0, 0.1) is 5.92 Å². The molecule has 39 heavy (non-hydrogen) atoms. The van der Waals surface area contributed by atoms with Crippen LogP contribution in [0.15, 0.2) is 70.3 Å². The summed E-state index contributed by atoms with van der Waals surface area (Å²) in [5.74, 6) is -0.349. The van der Waals surface area contributed by atoms with Crippen LogP contribution < -0.4 is 15.4 Å². The summed E-state index contributed by atoms with van der Waals surface area (Å²) in [4.78, 5) is 27.7. The summed E-state index contributed by atoms with van der Waals surface area (Å²) in [5, 5.41) is 17.0. The van der Waals surface area contributed by atoms with Gasteiger partial charge in [0.25, 0.3) is 15.9 Å². The molecule has 0 unspecified atom stereocenters. The van der Waals surface area contributed by atoms with Gasteiger partial charge in [-0.15, -0.1) is 11.3 Å². The second-order valence-electron chi connectivity index (χ2n) is 9.50. The summed E-state index contributed by atoms with van der Waals surface area (Å²) in [6, 6.07) is 15.9. The molecule has 2 aromatic carbocycles. The van der Waals surface area contributed by atoms with Crippen molar-refractivity contribution >= 4 is 44.7 Å². The average Bonchev–Trinajstić information content (AvgIpc) is 3.47. The van der Waals surface area contributed by atoms with Gasteiger partial charge in [-0.1, -0.05) is 31.2 Å². The third-order valence-corrected chi connectivity index (χ3v) is 9.75. The van der Waals surface area contributed by atoms with Crippen molar-refractivity contribution < 1.29 is 27.9 Å². The third-order valence-electron chi connectivity index (χ3n) is 6.55. The molecule has 0 aliphatic carbocycles. The number of urea groups is 1. The molecule has 1 aromatic heterocycles. The Balaban J connectivity index is 1.61. The molecule has 2 heterocycles. The number of amides is 3.